The summed E-state index contributed by atoms with van der Waals surface area (Å²) >= 11 is 7.67. The molecule has 20 heavy (non-hydrogen) atoms. The van der Waals surface area contributed by atoms with E-state index in [2.05, 4.69) is 36.4 Å². The van der Waals surface area contributed by atoms with Crippen molar-refractivity contribution in [3.05, 3.63) is 48.5 Å². The molecule has 3 heteroatoms. The molecule has 3 rings (SSSR count). The van der Waals surface area contributed by atoms with Crippen molar-refractivity contribution in [2.75, 3.05) is 11.6 Å². The second-order valence-corrected chi connectivity index (χ2v) is 6.20. The largest absolute Gasteiger partial charge is 0.248 e. The van der Waals surface area contributed by atoms with Gasteiger partial charge in [0.1, 0.15) is 0 Å². The van der Waals surface area contributed by atoms with Crippen molar-refractivity contribution in [3.8, 4) is 0 Å². The van der Waals surface area contributed by atoms with E-state index in [0.29, 0.717) is 0 Å². The molecule has 0 bridgehead atoms. The van der Waals surface area contributed by atoms with Crippen LogP contribution in [0, 0.1) is 0 Å². The van der Waals surface area contributed by atoms with Gasteiger partial charge in [-0.25, -0.2) is 4.98 Å². The zero-order valence-corrected chi connectivity index (χ0v) is 12.8. The van der Waals surface area contributed by atoms with Crippen molar-refractivity contribution >= 4 is 45.2 Å². The van der Waals surface area contributed by atoms with Crippen LogP contribution in [-0.4, -0.2) is 16.6 Å². The summed E-state index contributed by atoms with van der Waals surface area (Å²) in [5.41, 5.74) is 2.15. The number of nitrogens with zero attached hydrogens (tertiary/aromatic N) is 1. The average Bonchev–Trinajstić information content (AvgIpc) is 2.50. The van der Waals surface area contributed by atoms with Gasteiger partial charge in [-0.05, 0) is 30.7 Å². The maximum Gasteiger partial charge on any atom is 0.0721 e. The van der Waals surface area contributed by atoms with Gasteiger partial charge in [-0.1, -0.05) is 36.4 Å². The molecule has 0 amide bonds. The molecule has 0 aliphatic carbocycles. The lowest BCUT2D eigenvalue weighted by atomic mass is 10.1. The summed E-state index contributed by atoms with van der Waals surface area (Å²) in [6, 6.07) is 16.8. The lowest BCUT2D eigenvalue weighted by molar-refractivity contribution is 0.903. The molecule has 0 aliphatic rings. The molecular formula is C17H16ClNS. The van der Waals surface area contributed by atoms with Gasteiger partial charge in [-0.15, -0.1) is 23.4 Å². The molecule has 3 aromatic rings. The number of benzene rings is 2. The molecule has 0 radical (unpaired) electrons. The standard InChI is InChI=1S/C17H16ClNS/c18-11-5-6-12-20-17-13-7-1-3-9-15(13)19-16-10-4-2-8-14(16)17/h1-4,7-10H,5-6,11-12H2. The molecule has 0 unspecified atom stereocenters. The Morgan fingerprint density at radius 2 is 1.45 bits per heavy atom. The van der Waals surface area contributed by atoms with Crippen LogP contribution in [0.4, 0.5) is 0 Å². The van der Waals surface area contributed by atoms with E-state index in [-0.39, 0.29) is 0 Å². The summed E-state index contributed by atoms with van der Waals surface area (Å²) in [5.74, 6) is 1.85. The third kappa shape index (κ3) is 2.77. The molecule has 1 nitrogen and oxygen atoms in total. The van der Waals surface area contributed by atoms with Crippen LogP contribution in [0.1, 0.15) is 12.8 Å². The first-order valence-corrected chi connectivity index (χ1v) is 8.38. The Morgan fingerprint density at radius 1 is 0.850 bits per heavy atom. The smallest absolute Gasteiger partial charge is 0.0721 e. The van der Waals surface area contributed by atoms with Crippen molar-refractivity contribution in [1.29, 1.82) is 0 Å². The van der Waals surface area contributed by atoms with Crippen LogP contribution in [-0.2, 0) is 0 Å². The molecule has 0 N–H and O–H groups in total. The Hall–Kier alpha value is -1.25. The van der Waals surface area contributed by atoms with Crippen LogP contribution in [0.5, 0.6) is 0 Å². The Bertz CT molecular complexity index is 672. The molecule has 0 saturated carbocycles. The number of hydrogen-bond acceptors (Lipinski definition) is 2. The van der Waals surface area contributed by atoms with E-state index in [1.807, 2.05) is 23.9 Å². The fraction of sp³-hybridized carbons (Fsp3) is 0.235. The Kier molecular flexibility index (Phi) is 4.44. The van der Waals surface area contributed by atoms with Gasteiger partial charge in [-0.3, -0.25) is 0 Å². The van der Waals surface area contributed by atoms with Crippen LogP contribution in [0.3, 0.4) is 0 Å². The molecule has 0 spiro atoms. The Labute approximate surface area is 128 Å². The van der Waals surface area contributed by atoms with Gasteiger partial charge >= 0.3 is 0 Å². The number of pyridine rings is 1. The fourth-order valence-corrected chi connectivity index (χ4v) is 3.73. The summed E-state index contributed by atoms with van der Waals surface area (Å²) in [5, 5.41) is 2.50. The predicted molar refractivity (Wildman–Crippen MR) is 89.9 cm³/mol. The number of aromatic nitrogens is 1. The van der Waals surface area contributed by atoms with E-state index in [1.165, 1.54) is 15.7 Å². The van der Waals surface area contributed by atoms with Crippen LogP contribution >= 0.6 is 23.4 Å². The molecule has 102 valence electrons. The summed E-state index contributed by atoms with van der Waals surface area (Å²) in [6.45, 7) is 0. The van der Waals surface area contributed by atoms with Gasteiger partial charge in [0.05, 0.1) is 11.0 Å². The first kappa shape index (κ1) is 13.7. The highest BCUT2D eigenvalue weighted by Gasteiger charge is 2.08. The Morgan fingerprint density at radius 3 is 2.05 bits per heavy atom. The van der Waals surface area contributed by atoms with Gasteiger partial charge in [0, 0.05) is 21.5 Å². The monoisotopic (exact) mass is 301 g/mol. The molecule has 1 aromatic heterocycles. The highest BCUT2D eigenvalue weighted by atomic mass is 35.5. The number of hydrogen-bond donors (Lipinski definition) is 0. The van der Waals surface area contributed by atoms with E-state index in [0.717, 1.165) is 35.5 Å². The van der Waals surface area contributed by atoms with E-state index < -0.39 is 0 Å². The number of para-hydroxylation sites is 2. The zero-order valence-electron chi connectivity index (χ0n) is 11.2. The van der Waals surface area contributed by atoms with Crippen LogP contribution < -0.4 is 0 Å². The lowest BCUT2D eigenvalue weighted by Crippen LogP contribution is -1.88. The van der Waals surface area contributed by atoms with Gasteiger partial charge in [0.2, 0.25) is 0 Å². The number of alkyl halides is 1. The molecule has 0 aliphatic heterocycles. The molecule has 0 atom stereocenters. The van der Waals surface area contributed by atoms with E-state index in [1.54, 1.807) is 0 Å². The lowest BCUT2D eigenvalue weighted by Gasteiger charge is -2.10. The average molecular weight is 302 g/mol. The Balaban J connectivity index is 2.08. The topological polar surface area (TPSA) is 12.9 Å². The third-order valence-electron chi connectivity index (χ3n) is 3.31. The molecule has 0 saturated heterocycles. The minimum Gasteiger partial charge on any atom is -0.248 e. The van der Waals surface area contributed by atoms with Crippen molar-refractivity contribution in [3.63, 3.8) is 0 Å². The predicted octanol–water partition coefficient (Wildman–Crippen LogP) is 5.50. The van der Waals surface area contributed by atoms with Crippen molar-refractivity contribution in [2.45, 2.75) is 17.7 Å². The molecule has 1 heterocycles. The van der Waals surface area contributed by atoms with Crippen LogP contribution in [0.25, 0.3) is 21.8 Å². The van der Waals surface area contributed by atoms with Crippen molar-refractivity contribution in [1.82, 2.24) is 4.98 Å². The number of thioether (sulfide) groups is 1. The van der Waals surface area contributed by atoms with E-state index in [9.17, 15) is 0 Å². The summed E-state index contributed by atoms with van der Waals surface area (Å²) in [4.78, 5) is 6.10. The molecular weight excluding hydrogens is 286 g/mol. The third-order valence-corrected chi connectivity index (χ3v) is 4.80. The van der Waals surface area contributed by atoms with Crippen LogP contribution in [0.2, 0.25) is 0 Å². The number of unbranched alkanes of at least 4 members (excludes halogenated alkanes) is 1. The molecule has 0 fully saturated rings. The summed E-state index contributed by atoms with van der Waals surface area (Å²) in [7, 11) is 0. The van der Waals surface area contributed by atoms with Crippen molar-refractivity contribution in [2.24, 2.45) is 0 Å². The van der Waals surface area contributed by atoms with E-state index >= 15 is 0 Å². The number of fused-ring (bicyclic) bond motifs is 2. The second-order valence-electron chi connectivity index (χ2n) is 4.72. The SMILES string of the molecule is ClCCCCSc1c2ccccc2nc2ccccc12. The van der Waals surface area contributed by atoms with Gasteiger partial charge < -0.3 is 0 Å². The first-order chi connectivity index (χ1) is 9.90. The van der Waals surface area contributed by atoms with Crippen molar-refractivity contribution < 1.29 is 0 Å². The minimum absolute atomic E-state index is 0.748. The summed E-state index contributed by atoms with van der Waals surface area (Å²) < 4.78 is 0. The van der Waals surface area contributed by atoms with E-state index in [4.69, 9.17) is 16.6 Å². The fourth-order valence-electron chi connectivity index (χ4n) is 2.33. The summed E-state index contributed by atoms with van der Waals surface area (Å²) in [6.07, 6.45) is 2.23. The normalized spacial score (nSPS) is 11.2. The number of rotatable bonds is 5. The highest BCUT2D eigenvalue weighted by molar-refractivity contribution is 7.99. The van der Waals surface area contributed by atoms with Gasteiger partial charge in [0.15, 0.2) is 0 Å². The maximum atomic E-state index is 5.75. The molecule has 2 aromatic carbocycles. The van der Waals surface area contributed by atoms with Crippen LogP contribution in [0.15, 0.2) is 53.4 Å². The first-order valence-electron chi connectivity index (χ1n) is 6.86. The minimum atomic E-state index is 0.748. The highest BCUT2D eigenvalue weighted by Crippen LogP contribution is 2.34. The second kappa shape index (κ2) is 6.47. The quantitative estimate of drug-likeness (QED) is 0.267. The number of halogens is 1. The maximum absolute atomic E-state index is 5.75. The van der Waals surface area contributed by atoms with Gasteiger partial charge in [0.25, 0.3) is 0 Å². The van der Waals surface area contributed by atoms with Gasteiger partial charge in [-0.2, -0.15) is 0 Å². The zero-order chi connectivity index (χ0) is 13.8.